The predicted molar refractivity (Wildman–Crippen MR) is 49.5 cm³/mol. The summed E-state index contributed by atoms with van der Waals surface area (Å²) >= 11 is 0. The molecule has 0 bridgehead atoms. The number of aliphatic hydroxyl groups excluding tert-OH is 1. The molecule has 1 atom stereocenters. The van der Waals surface area contributed by atoms with Crippen LogP contribution in [0.2, 0.25) is 0 Å². The van der Waals surface area contributed by atoms with Gasteiger partial charge >= 0.3 is 0 Å². The van der Waals surface area contributed by atoms with Crippen molar-refractivity contribution >= 4 is 0 Å². The average Bonchev–Trinajstić information content (AvgIpc) is 1.83. The summed E-state index contributed by atoms with van der Waals surface area (Å²) in [6.45, 7) is 10.1. The zero-order valence-corrected chi connectivity index (χ0v) is 7.93. The second kappa shape index (κ2) is 4.55. The lowest BCUT2D eigenvalue weighted by Crippen LogP contribution is -2.11. The molecule has 0 aromatic carbocycles. The number of hydrogen-bond donors (Lipinski definition) is 1. The van der Waals surface area contributed by atoms with Gasteiger partial charge in [-0.15, -0.1) is 6.58 Å². The molecule has 1 nitrogen and oxygen atoms in total. The molecule has 0 rings (SSSR count). The Hall–Kier alpha value is -0.300. The van der Waals surface area contributed by atoms with Crippen molar-refractivity contribution in [3.05, 3.63) is 12.7 Å². The van der Waals surface area contributed by atoms with Crippen LogP contribution in [0.15, 0.2) is 12.7 Å². The average molecular weight is 156 g/mol. The molecular weight excluding hydrogens is 136 g/mol. The summed E-state index contributed by atoms with van der Waals surface area (Å²) in [7, 11) is 0. The van der Waals surface area contributed by atoms with Crippen LogP contribution in [0.1, 0.15) is 40.0 Å². The van der Waals surface area contributed by atoms with Crippen LogP contribution in [-0.2, 0) is 0 Å². The standard InChI is InChI=1S/C10H20O/c1-5-6-9(11)7-8-10(2,3)4/h5,9,11H,1,6-8H2,2-4H3. The van der Waals surface area contributed by atoms with E-state index in [4.69, 9.17) is 0 Å². The highest BCUT2D eigenvalue weighted by Gasteiger charge is 2.12. The van der Waals surface area contributed by atoms with E-state index in [9.17, 15) is 5.11 Å². The van der Waals surface area contributed by atoms with Crippen molar-refractivity contribution in [2.24, 2.45) is 5.41 Å². The summed E-state index contributed by atoms with van der Waals surface area (Å²) in [6, 6.07) is 0. The Kier molecular flexibility index (Phi) is 4.43. The Morgan fingerprint density at radius 3 is 2.36 bits per heavy atom. The van der Waals surface area contributed by atoms with E-state index in [1.54, 1.807) is 6.08 Å². The van der Waals surface area contributed by atoms with Gasteiger partial charge in [0.1, 0.15) is 0 Å². The Morgan fingerprint density at radius 2 is 2.00 bits per heavy atom. The Labute approximate surface area is 70.1 Å². The highest BCUT2D eigenvalue weighted by Crippen LogP contribution is 2.22. The number of hydrogen-bond acceptors (Lipinski definition) is 1. The Balaban J connectivity index is 3.45. The zero-order valence-electron chi connectivity index (χ0n) is 7.93. The van der Waals surface area contributed by atoms with Crippen LogP contribution < -0.4 is 0 Å². The van der Waals surface area contributed by atoms with Gasteiger partial charge in [0.25, 0.3) is 0 Å². The lowest BCUT2D eigenvalue weighted by molar-refractivity contribution is 0.148. The molecule has 1 N–H and O–H groups in total. The Morgan fingerprint density at radius 1 is 1.45 bits per heavy atom. The van der Waals surface area contributed by atoms with Crippen molar-refractivity contribution in [2.75, 3.05) is 0 Å². The molecular formula is C10H20O. The molecule has 0 aliphatic rings. The highest BCUT2D eigenvalue weighted by atomic mass is 16.3. The van der Waals surface area contributed by atoms with Crippen molar-refractivity contribution in [3.63, 3.8) is 0 Å². The van der Waals surface area contributed by atoms with Gasteiger partial charge in [0.2, 0.25) is 0 Å². The molecule has 0 aromatic rings. The molecule has 1 heteroatoms. The Bertz CT molecular complexity index is 111. The van der Waals surface area contributed by atoms with Crippen molar-refractivity contribution in [1.82, 2.24) is 0 Å². The maximum absolute atomic E-state index is 9.34. The van der Waals surface area contributed by atoms with Crippen molar-refractivity contribution in [2.45, 2.75) is 46.1 Å². The molecule has 0 radical (unpaired) electrons. The van der Waals surface area contributed by atoms with E-state index in [0.29, 0.717) is 5.41 Å². The molecule has 0 amide bonds. The topological polar surface area (TPSA) is 20.2 Å². The van der Waals surface area contributed by atoms with Gasteiger partial charge in [0.05, 0.1) is 6.10 Å². The van der Waals surface area contributed by atoms with Crippen LogP contribution in [0, 0.1) is 5.41 Å². The van der Waals surface area contributed by atoms with Gasteiger partial charge in [-0.05, 0) is 24.7 Å². The van der Waals surface area contributed by atoms with Gasteiger partial charge in [0, 0.05) is 0 Å². The van der Waals surface area contributed by atoms with Gasteiger partial charge in [-0.25, -0.2) is 0 Å². The van der Waals surface area contributed by atoms with Gasteiger partial charge < -0.3 is 5.11 Å². The maximum atomic E-state index is 9.34. The van der Waals surface area contributed by atoms with Crippen LogP contribution >= 0.6 is 0 Å². The fourth-order valence-corrected chi connectivity index (χ4v) is 0.910. The predicted octanol–water partition coefficient (Wildman–Crippen LogP) is 2.75. The smallest absolute Gasteiger partial charge is 0.0574 e. The third-order valence-electron chi connectivity index (χ3n) is 1.67. The van der Waals surface area contributed by atoms with E-state index < -0.39 is 0 Å². The minimum Gasteiger partial charge on any atom is -0.393 e. The van der Waals surface area contributed by atoms with E-state index in [1.165, 1.54) is 0 Å². The third kappa shape index (κ3) is 7.60. The molecule has 0 fully saturated rings. The van der Waals surface area contributed by atoms with E-state index in [1.807, 2.05) is 0 Å². The monoisotopic (exact) mass is 156 g/mol. The molecule has 1 unspecified atom stereocenters. The third-order valence-corrected chi connectivity index (χ3v) is 1.67. The van der Waals surface area contributed by atoms with Crippen LogP contribution in [-0.4, -0.2) is 11.2 Å². The SMILES string of the molecule is C=CCC(O)CCC(C)(C)C. The molecule has 66 valence electrons. The minimum atomic E-state index is -0.188. The van der Waals surface area contributed by atoms with Crippen LogP contribution in [0.4, 0.5) is 0 Å². The first-order valence-corrected chi connectivity index (χ1v) is 4.24. The van der Waals surface area contributed by atoms with E-state index in [0.717, 1.165) is 19.3 Å². The number of rotatable bonds is 4. The molecule has 0 saturated carbocycles. The van der Waals surface area contributed by atoms with Gasteiger partial charge in [0.15, 0.2) is 0 Å². The van der Waals surface area contributed by atoms with E-state index in [2.05, 4.69) is 27.4 Å². The molecule has 0 heterocycles. The van der Waals surface area contributed by atoms with Gasteiger partial charge in [-0.3, -0.25) is 0 Å². The fourth-order valence-electron chi connectivity index (χ4n) is 0.910. The first-order chi connectivity index (χ1) is 4.95. The van der Waals surface area contributed by atoms with E-state index >= 15 is 0 Å². The quantitative estimate of drug-likeness (QED) is 0.620. The second-order valence-electron chi connectivity index (χ2n) is 4.28. The molecule has 11 heavy (non-hydrogen) atoms. The fraction of sp³-hybridized carbons (Fsp3) is 0.800. The largest absolute Gasteiger partial charge is 0.393 e. The van der Waals surface area contributed by atoms with Gasteiger partial charge in [-0.2, -0.15) is 0 Å². The normalized spacial score (nSPS) is 14.5. The summed E-state index contributed by atoms with van der Waals surface area (Å²) in [5.74, 6) is 0. The molecule has 0 saturated heterocycles. The summed E-state index contributed by atoms with van der Waals surface area (Å²) in [4.78, 5) is 0. The molecule has 0 spiro atoms. The second-order valence-corrected chi connectivity index (χ2v) is 4.28. The minimum absolute atomic E-state index is 0.188. The van der Waals surface area contributed by atoms with E-state index in [-0.39, 0.29) is 6.10 Å². The van der Waals surface area contributed by atoms with Crippen LogP contribution in [0.25, 0.3) is 0 Å². The summed E-state index contributed by atoms with van der Waals surface area (Å²) < 4.78 is 0. The van der Waals surface area contributed by atoms with Crippen LogP contribution in [0.5, 0.6) is 0 Å². The first-order valence-electron chi connectivity index (χ1n) is 4.24. The molecule has 0 aromatic heterocycles. The number of aliphatic hydroxyl groups is 1. The first kappa shape index (κ1) is 10.7. The lowest BCUT2D eigenvalue weighted by Gasteiger charge is -2.19. The van der Waals surface area contributed by atoms with Crippen molar-refractivity contribution in [1.29, 1.82) is 0 Å². The van der Waals surface area contributed by atoms with Crippen molar-refractivity contribution < 1.29 is 5.11 Å². The van der Waals surface area contributed by atoms with Crippen LogP contribution in [0.3, 0.4) is 0 Å². The summed E-state index contributed by atoms with van der Waals surface area (Å²) in [6.07, 6.45) is 4.26. The zero-order chi connectivity index (χ0) is 8.91. The molecule has 0 aliphatic carbocycles. The summed E-state index contributed by atoms with van der Waals surface area (Å²) in [5, 5.41) is 9.34. The summed E-state index contributed by atoms with van der Waals surface area (Å²) in [5.41, 5.74) is 0.335. The lowest BCUT2D eigenvalue weighted by atomic mass is 9.89. The van der Waals surface area contributed by atoms with Crippen molar-refractivity contribution in [3.8, 4) is 0 Å². The highest BCUT2D eigenvalue weighted by molar-refractivity contribution is 4.74. The molecule has 0 aliphatic heterocycles. The van der Waals surface area contributed by atoms with Gasteiger partial charge in [-0.1, -0.05) is 26.8 Å². The maximum Gasteiger partial charge on any atom is 0.0574 e.